The second-order valence-electron chi connectivity index (χ2n) is 6.20. The van der Waals surface area contributed by atoms with E-state index in [1.807, 2.05) is 14.0 Å². The molecule has 0 unspecified atom stereocenters. The standard InChI is InChI=1S/C17H18N4O2S/c1-10-18-13-4-3-11(7-15(13)24-10)8-21-6-5-12-14(9-21)20(2)19-16(12)17(22)23/h3-4,7H,5-6,8-9H2,1-2H3,(H,22,23). The predicted octanol–water partition coefficient (Wildman–Crippen LogP) is 2.59. The van der Waals surface area contributed by atoms with Crippen molar-refractivity contribution in [1.29, 1.82) is 0 Å². The minimum atomic E-state index is -0.939. The molecule has 7 heteroatoms. The lowest BCUT2D eigenvalue weighted by Gasteiger charge is -2.27. The second kappa shape index (κ2) is 5.68. The van der Waals surface area contributed by atoms with Crippen LogP contribution in [0.25, 0.3) is 10.2 Å². The fourth-order valence-electron chi connectivity index (χ4n) is 3.37. The molecule has 1 aromatic carbocycles. The Bertz CT molecular complexity index is 944. The number of thiazole rings is 1. The third-order valence-electron chi connectivity index (χ3n) is 4.49. The number of hydrogen-bond acceptors (Lipinski definition) is 5. The van der Waals surface area contributed by atoms with Crippen molar-refractivity contribution in [3.8, 4) is 0 Å². The average Bonchev–Trinajstić information content (AvgIpc) is 3.06. The van der Waals surface area contributed by atoms with Crippen LogP contribution in [0.2, 0.25) is 0 Å². The Morgan fingerprint density at radius 1 is 1.42 bits per heavy atom. The number of carbonyl (C=O) groups is 1. The van der Waals surface area contributed by atoms with Crippen molar-refractivity contribution in [2.45, 2.75) is 26.4 Å². The Kier molecular flexibility index (Phi) is 3.62. The predicted molar refractivity (Wildman–Crippen MR) is 92.3 cm³/mol. The Hall–Kier alpha value is -2.25. The molecular formula is C17H18N4O2S. The molecule has 0 amide bonds. The number of rotatable bonds is 3. The molecule has 0 spiro atoms. The van der Waals surface area contributed by atoms with Gasteiger partial charge in [-0.05, 0) is 31.0 Å². The van der Waals surface area contributed by atoms with E-state index in [2.05, 4.69) is 33.2 Å². The first kappa shape index (κ1) is 15.3. The molecule has 0 bridgehead atoms. The summed E-state index contributed by atoms with van der Waals surface area (Å²) < 4.78 is 2.93. The minimum absolute atomic E-state index is 0.203. The lowest BCUT2D eigenvalue weighted by Crippen LogP contribution is -2.31. The summed E-state index contributed by atoms with van der Waals surface area (Å²) in [4.78, 5) is 18.1. The minimum Gasteiger partial charge on any atom is -0.476 e. The van der Waals surface area contributed by atoms with Gasteiger partial charge in [-0.25, -0.2) is 9.78 Å². The van der Waals surface area contributed by atoms with Crippen molar-refractivity contribution in [2.75, 3.05) is 6.54 Å². The van der Waals surface area contributed by atoms with Gasteiger partial charge in [0.1, 0.15) is 0 Å². The van der Waals surface area contributed by atoms with Gasteiger partial charge in [0.15, 0.2) is 5.69 Å². The van der Waals surface area contributed by atoms with Crippen LogP contribution in [0.1, 0.15) is 32.3 Å². The Labute approximate surface area is 143 Å². The number of aryl methyl sites for hydroxylation is 2. The van der Waals surface area contributed by atoms with Gasteiger partial charge in [-0.15, -0.1) is 11.3 Å². The van der Waals surface area contributed by atoms with E-state index in [1.165, 1.54) is 10.3 Å². The summed E-state index contributed by atoms with van der Waals surface area (Å²) in [5.41, 5.74) is 4.41. The van der Waals surface area contributed by atoms with Gasteiger partial charge in [0.05, 0.1) is 20.9 Å². The zero-order valence-electron chi connectivity index (χ0n) is 13.6. The summed E-state index contributed by atoms with van der Waals surface area (Å²) in [6.07, 6.45) is 0.729. The summed E-state index contributed by atoms with van der Waals surface area (Å²) in [6.45, 7) is 4.45. The van der Waals surface area contributed by atoms with E-state index >= 15 is 0 Å². The van der Waals surface area contributed by atoms with Crippen LogP contribution in [0.3, 0.4) is 0 Å². The lowest BCUT2D eigenvalue weighted by molar-refractivity contribution is 0.0688. The van der Waals surface area contributed by atoms with Gasteiger partial charge in [0, 0.05) is 32.2 Å². The first-order valence-corrected chi connectivity index (χ1v) is 8.69. The molecule has 0 saturated heterocycles. The highest BCUT2D eigenvalue weighted by Crippen LogP contribution is 2.26. The number of benzene rings is 1. The highest BCUT2D eigenvalue weighted by Gasteiger charge is 2.26. The molecule has 1 aliphatic rings. The Morgan fingerprint density at radius 3 is 3.04 bits per heavy atom. The molecule has 0 radical (unpaired) electrons. The maximum atomic E-state index is 11.3. The maximum absolute atomic E-state index is 11.3. The van der Waals surface area contributed by atoms with Crippen LogP contribution in [0.5, 0.6) is 0 Å². The molecule has 2 aromatic heterocycles. The highest BCUT2D eigenvalue weighted by atomic mass is 32.1. The summed E-state index contributed by atoms with van der Waals surface area (Å²) in [5.74, 6) is -0.939. The van der Waals surface area contributed by atoms with Crippen LogP contribution >= 0.6 is 11.3 Å². The number of aromatic carboxylic acids is 1. The Balaban J connectivity index is 1.57. The summed E-state index contributed by atoms with van der Waals surface area (Å²) in [6, 6.07) is 6.42. The lowest BCUT2D eigenvalue weighted by atomic mass is 10.0. The van der Waals surface area contributed by atoms with E-state index in [9.17, 15) is 9.90 Å². The van der Waals surface area contributed by atoms with E-state index in [4.69, 9.17) is 0 Å². The van der Waals surface area contributed by atoms with Crippen LogP contribution in [0.15, 0.2) is 18.2 Å². The van der Waals surface area contributed by atoms with Gasteiger partial charge >= 0.3 is 5.97 Å². The second-order valence-corrected chi connectivity index (χ2v) is 7.43. The summed E-state index contributed by atoms with van der Waals surface area (Å²) in [7, 11) is 1.82. The molecule has 0 aliphatic carbocycles. The van der Waals surface area contributed by atoms with Gasteiger partial charge in [-0.3, -0.25) is 9.58 Å². The molecule has 0 saturated carbocycles. The van der Waals surface area contributed by atoms with Crippen molar-refractivity contribution >= 4 is 27.5 Å². The molecule has 3 aromatic rings. The van der Waals surface area contributed by atoms with Crippen LogP contribution in [-0.4, -0.2) is 37.3 Å². The van der Waals surface area contributed by atoms with Crippen molar-refractivity contribution in [1.82, 2.24) is 19.7 Å². The molecule has 6 nitrogen and oxygen atoms in total. The van der Waals surface area contributed by atoms with Gasteiger partial charge in [-0.1, -0.05) is 6.07 Å². The van der Waals surface area contributed by atoms with Gasteiger partial charge in [0.2, 0.25) is 0 Å². The highest BCUT2D eigenvalue weighted by molar-refractivity contribution is 7.18. The zero-order valence-corrected chi connectivity index (χ0v) is 14.4. The zero-order chi connectivity index (χ0) is 16.8. The summed E-state index contributed by atoms with van der Waals surface area (Å²) in [5, 5.41) is 14.5. The fourth-order valence-corrected chi connectivity index (χ4v) is 4.26. The topological polar surface area (TPSA) is 71.2 Å². The molecule has 1 N–H and O–H groups in total. The first-order valence-electron chi connectivity index (χ1n) is 7.87. The number of fused-ring (bicyclic) bond motifs is 2. The smallest absolute Gasteiger partial charge is 0.356 e. The van der Waals surface area contributed by atoms with Crippen molar-refractivity contribution in [3.63, 3.8) is 0 Å². The number of carboxylic acids is 1. The maximum Gasteiger partial charge on any atom is 0.356 e. The molecular weight excluding hydrogens is 324 g/mol. The van der Waals surface area contributed by atoms with Crippen LogP contribution in [0, 0.1) is 6.92 Å². The third kappa shape index (κ3) is 2.59. The normalized spacial score (nSPS) is 14.9. The largest absolute Gasteiger partial charge is 0.476 e. The van der Waals surface area contributed by atoms with Gasteiger partial charge in [0.25, 0.3) is 0 Å². The van der Waals surface area contributed by atoms with Gasteiger partial charge < -0.3 is 5.11 Å². The van der Waals surface area contributed by atoms with Gasteiger partial charge in [-0.2, -0.15) is 5.10 Å². The number of aromatic nitrogens is 3. The van der Waals surface area contributed by atoms with Crippen LogP contribution in [0.4, 0.5) is 0 Å². The molecule has 0 atom stereocenters. The quantitative estimate of drug-likeness (QED) is 0.792. The fraction of sp³-hybridized carbons (Fsp3) is 0.353. The van der Waals surface area contributed by atoms with E-state index < -0.39 is 5.97 Å². The van der Waals surface area contributed by atoms with E-state index in [0.29, 0.717) is 0 Å². The van der Waals surface area contributed by atoms with E-state index in [0.717, 1.165) is 47.8 Å². The van der Waals surface area contributed by atoms with Crippen LogP contribution in [-0.2, 0) is 26.6 Å². The molecule has 4 rings (SSSR count). The molecule has 0 fully saturated rings. The number of nitrogens with zero attached hydrogens (tertiary/aromatic N) is 4. The Morgan fingerprint density at radius 2 is 2.25 bits per heavy atom. The summed E-state index contributed by atoms with van der Waals surface area (Å²) >= 11 is 1.72. The van der Waals surface area contributed by atoms with Crippen molar-refractivity contribution in [2.24, 2.45) is 7.05 Å². The monoisotopic (exact) mass is 342 g/mol. The molecule has 24 heavy (non-hydrogen) atoms. The van der Waals surface area contributed by atoms with E-state index in [-0.39, 0.29) is 5.69 Å². The molecule has 1 aliphatic heterocycles. The van der Waals surface area contributed by atoms with Crippen molar-refractivity contribution in [3.05, 3.63) is 45.7 Å². The molecule has 3 heterocycles. The van der Waals surface area contributed by atoms with Crippen LogP contribution < -0.4 is 0 Å². The SMILES string of the molecule is Cc1nc2ccc(CN3CCc4c(C(=O)O)nn(C)c4C3)cc2s1. The van der Waals surface area contributed by atoms with Crippen molar-refractivity contribution < 1.29 is 9.90 Å². The first-order chi connectivity index (χ1) is 11.5. The number of hydrogen-bond donors (Lipinski definition) is 1. The number of carboxylic acid groups (broad SMARTS) is 1. The third-order valence-corrected chi connectivity index (χ3v) is 5.43. The van der Waals surface area contributed by atoms with E-state index in [1.54, 1.807) is 16.0 Å². The average molecular weight is 342 g/mol. The molecule has 124 valence electrons.